The van der Waals surface area contributed by atoms with Crippen LogP contribution in [0.4, 0.5) is 4.39 Å². The van der Waals surface area contributed by atoms with Crippen LogP contribution in [0.3, 0.4) is 0 Å². The van der Waals surface area contributed by atoms with Crippen molar-refractivity contribution in [2.75, 3.05) is 19.6 Å². The van der Waals surface area contributed by atoms with Crippen LogP contribution < -0.4 is 11.1 Å². The van der Waals surface area contributed by atoms with E-state index in [0.717, 1.165) is 5.69 Å². The Labute approximate surface area is 178 Å². The molecule has 2 unspecified atom stereocenters. The summed E-state index contributed by atoms with van der Waals surface area (Å²) in [4.78, 5) is 27.0. The standard InChI is InChI=1S/C18H24FN6O2P.C2H6/c19-18(28)11-24(12-18)17(27)14(20)8-4-5-9-21-16(26)15-10-22-25(23-15)13-6-2-1-3-7-13;1-2/h1-3,6-7,10,14H,4-5,8-9,11-12,20,28H2,(H,21,26);1-2H3. The van der Waals surface area contributed by atoms with E-state index in [1.54, 1.807) is 0 Å². The molecule has 1 fully saturated rings. The quantitative estimate of drug-likeness (QED) is 0.486. The van der Waals surface area contributed by atoms with Gasteiger partial charge in [-0.25, -0.2) is 4.39 Å². The molecule has 0 bridgehead atoms. The van der Waals surface area contributed by atoms with Gasteiger partial charge in [0.2, 0.25) is 5.91 Å². The van der Waals surface area contributed by atoms with Gasteiger partial charge in [-0.1, -0.05) is 41.3 Å². The molecule has 0 radical (unpaired) electrons. The van der Waals surface area contributed by atoms with Crippen LogP contribution in [0, 0.1) is 0 Å². The number of carbonyl (C=O) groups is 2. The smallest absolute Gasteiger partial charge is 0.273 e. The summed E-state index contributed by atoms with van der Waals surface area (Å²) in [5.41, 5.74) is 6.89. The van der Waals surface area contributed by atoms with Crippen LogP contribution in [0.15, 0.2) is 36.5 Å². The Morgan fingerprint density at radius 3 is 2.57 bits per heavy atom. The van der Waals surface area contributed by atoms with E-state index in [-0.39, 0.29) is 30.6 Å². The minimum Gasteiger partial charge on any atom is -0.351 e. The number of likely N-dealkylation sites (tertiary alicyclic amines) is 1. The number of aromatic nitrogens is 3. The first kappa shape index (κ1) is 23.9. The molecule has 1 aromatic carbocycles. The second-order valence-electron chi connectivity index (χ2n) is 6.94. The van der Waals surface area contributed by atoms with Crippen LogP contribution in [-0.2, 0) is 4.79 Å². The number of hydrogen-bond donors (Lipinski definition) is 2. The number of rotatable bonds is 8. The molecule has 1 saturated heterocycles. The molecule has 2 amide bonds. The van der Waals surface area contributed by atoms with Crippen molar-refractivity contribution in [1.29, 1.82) is 0 Å². The van der Waals surface area contributed by atoms with E-state index in [0.29, 0.717) is 25.8 Å². The molecule has 0 saturated carbocycles. The maximum absolute atomic E-state index is 13.4. The van der Waals surface area contributed by atoms with Gasteiger partial charge in [0.15, 0.2) is 11.1 Å². The summed E-state index contributed by atoms with van der Waals surface area (Å²) in [7, 11) is 2.10. The molecule has 0 aliphatic carbocycles. The van der Waals surface area contributed by atoms with Crippen molar-refractivity contribution in [2.24, 2.45) is 5.73 Å². The number of carbonyl (C=O) groups excluding carboxylic acids is 2. The normalized spacial score (nSPS) is 15.4. The van der Waals surface area contributed by atoms with Gasteiger partial charge in [-0.2, -0.15) is 9.90 Å². The lowest BCUT2D eigenvalue weighted by molar-refractivity contribution is -0.141. The average molecular weight is 436 g/mol. The van der Waals surface area contributed by atoms with Gasteiger partial charge in [0, 0.05) is 6.54 Å². The fourth-order valence-electron chi connectivity index (χ4n) is 2.94. The topological polar surface area (TPSA) is 106 Å². The number of nitrogens with two attached hydrogens (primary N) is 1. The molecule has 10 heteroatoms. The fraction of sp³-hybridized carbons (Fsp3) is 0.500. The molecule has 1 aromatic heterocycles. The van der Waals surface area contributed by atoms with E-state index in [1.807, 2.05) is 44.2 Å². The first-order chi connectivity index (χ1) is 14.4. The Balaban J connectivity index is 0.00000155. The van der Waals surface area contributed by atoms with Crippen LogP contribution in [0.25, 0.3) is 5.69 Å². The number of unbranched alkanes of at least 4 members (excludes halogenated alkanes) is 1. The Kier molecular flexibility index (Phi) is 8.87. The van der Waals surface area contributed by atoms with Crippen LogP contribution in [0.1, 0.15) is 43.6 Å². The van der Waals surface area contributed by atoms with Crippen molar-refractivity contribution >= 4 is 21.1 Å². The van der Waals surface area contributed by atoms with Crippen molar-refractivity contribution in [1.82, 2.24) is 25.2 Å². The molecule has 1 aliphatic rings. The summed E-state index contributed by atoms with van der Waals surface area (Å²) < 4.78 is 13.4. The highest BCUT2D eigenvalue weighted by atomic mass is 31.0. The van der Waals surface area contributed by atoms with Crippen molar-refractivity contribution in [3.63, 3.8) is 0 Å². The second kappa shape index (κ2) is 11.1. The first-order valence-corrected chi connectivity index (χ1v) is 10.7. The van der Waals surface area contributed by atoms with Crippen LogP contribution in [0.5, 0.6) is 0 Å². The third-order valence-electron chi connectivity index (χ3n) is 4.48. The van der Waals surface area contributed by atoms with Gasteiger partial charge >= 0.3 is 0 Å². The predicted octanol–water partition coefficient (Wildman–Crippen LogP) is 1.90. The number of para-hydroxylation sites is 1. The van der Waals surface area contributed by atoms with Gasteiger partial charge < -0.3 is 16.0 Å². The van der Waals surface area contributed by atoms with Crippen molar-refractivity contribution < 1.29 is 14.0 Å². The molecule has 2 heterocycles. The van der Waals surface area contributed by atoms with Gasteiger partial charge in [0.1, 0.15) is 0 Å². The van der Waals surface area contributed by atoms with Gasteiger partial charge in [0.25, 0.3) is 5.91 Å². The molecule has 1 aliphatic heterocycles. The molecule has 2 aromatic rings. The summed E-state index contributed by atoms with van der Waals surface area (Å²) >= 11 is 0. The lowest BCUT2D eigenvalue weighted by Crippen LogP contribution is -2.60. The zero-order chi connectivity index (χ0) is 22.1. The highest BCUT2D eigenvalue weighted by molar-refractivity contribution is 7.18. The SMILES string of the molecule is CC.NC(CCCCNC(=O)c1cnn(-c2ccccc2)n1)C(=O)N1CC(F)(P)C1. The molecule has 0 spiro atoms. The number of nitrogens with zero attached hydrogens (tertiary/aromatic N) is 4. The Morgan fingerprint density at radius 1 is 1.27 bits per heavy atom. The van der Waals surface area contributed by atoms with E-state index in [4.69, 9.17) is 5.73 Å². The Bertz CT molecular complexity index is 822. The lowest BCUT2D eigenvalue weighted by Gasteiger charge is -2.43. The highest BCUT2D eigenvalue weighted by Gasteiger charge is 2.42. The van der Waals surface area contributed by atoms with Gasteiger partial charge in [-0.3, -0.25) is 9.59 Å². The van der Waals surface area contributed by atoms with E-state index in [1.165, 1.54) is 15.9 Å². The number of hydrogen-bond acceptors (Lipinski definition) is 5. The van der Waals surface area contributed by atoms with Gasteiger partial charge in [0.05, 0.1) is 31.0 Å². The Hall–Kier alpha value is -2.38. The number of benzene rings is 1. The molecule has 3 rings (SSSR count). The lowest BCUT2D eigenvalue weighted by atomic mass is 10.1. The van der Waals surface area contributed by atoms with Crippen molar-refractivity contribution in [3.05, 3.63) is 42.2 Å². The summed E-state index contributed by atoms with van der Waals surface area (Å²) in [6.45, 7) is 4.59. The summed E-state index contributed by atoms with van der Waals surface area (Å²) in [6, 6.07) is 8.68. The number of alkyl halides is 1. The van der Waals surface area contributed by atoms with Gasteiger partial charge in [-0.05, 0) is 31.4 Å². The zero-order valence-electron chi connectivity index (χ0n) is 17.4. The summed E-state index contributed by atoms with van der Waals surface area (Å²) in [5.74, 6) is -0.528. The fourth-order valence-corrected chi connectivity index (χ4v) is 3.38. The van der Waals surface area contributed by atoms with E-state index in [9.17, 15) is 14.0 Å². The summed E-state index contributed by atoms with van der Waals surface area (Å²) in [6.07, 6.45) is 3.27. The van der Waals surface area contributed by atoms with E-state index in [2.05, 4.69) is 24.8 Å². The number of nitrogens with one attached hydrogen (secondary N) is 1. The molecule has 3 N–H and O–H groups in total. The minimum atomic E-state index is -1.37. The third-order valence-corrected chi connectivity index (χ3v) is 4.84. The molecular weight excluding hydrogens is 406 g/mol. The monoisotopic (exact) mass is 436 g/mol. The first-order valence-electron chi connectivity index (χ1n) is 10.1. The maximum Gasteiger partial charge on any atom is 0.273 e. The maximum atomic E-state index is 13.4. The molecule has 2 atom stereocenters. The minimum absolute atomic E-state index is 0.0733. The largest absolute Gasteiger partial charge is 0.351 e. The van der Waals surface area contributed by atoms with E-state index < -0.39 is 11.5 Å². The third kappa shape index (κ3) is 6.57. The molecule has 8 nitrogen and oxygen atoms in total. The van der Waals surface area contributed by atoms with Crippen molar-refractivity contribution in [2.45, 2.75) is 44.6 Å². The number of halogens is 1. The van der Waals surface area contributed by atoms with Crippen LogP contribution in [0.2, 0.25) is 0 Å². The van der Waals surface area contributed by atoms with E-state index >= 15 is 0 Å². The van der Waals surface area contributed by atoms with Crippen molar-refractivity contribution in [3.8, 4) is 5.69 Å². The molecule has 164 valence electrons. The summed E-state index contributed by atoms with van der Waals surface area (Å²) in [5, 5.41) is 9.67. The van der Waals surface area contributed by atoms with Crippen LogP contribution >= 0.6 is 9.24 Å². The molecule has 30 heavy (non-hydrogen) atoms. The number of amides is 2. The Morgan fingerprint density at radius 2 is 1.93 bits per heavy atom. The van der Waals surface area contributed by atoms with Crippen LogP contribution in [-0.4, -0.2) is 62.8 Å². The molecular formula is C20H30FN6O2P. The zero-order valence-corrected chi connectivity index (χ0v) is 18.6. The average Bonchev–Trinajstić information content (AvgIpc) is 3.23. The highest BCUT2D eigenvalue weighted by Crippen LogP contribution is 2.32. The second-order valence-corrected chi connectivity index (χ2v) is 7.98. The van der Waals surface area contributed by atoms with Gasteiger partial charge in [-0.15, -0.1) is 5.10 Å². The predicted molar refractivity (Wildman–Crippen MR) is 117 cm³/mol.